The van der Waals surface area contributed by atoms with Crippen molar-refractivity contribution in [3.63, 3.8) is 0 Å². The predicted octanol–water partition coefficient (Wildman–Crippen LogP) is 6.51. The summed E-state index contributed by atoms with van der Waals surface area (Å²) < 4.78 is 14.0. The number of aliphatic imine (C=N–C) groups is 1. The molecule has 1 saturated carbocycles. The van der Waals surface area contributed by atoms with Gasteiger partial charge in [0.15, 0.2) is 11.5 Å². The minimum atomic E-state index is -1.04. The second-order valence-corrected chi connectivity index (χ2v) is 22.2. The zero-order valence-corrected chi connectivity index (χ0v) is 39.2. The number of aryl methyl sites for hydroxylation is 1. The molecule has 9 aliphatic rings. The third-order valence-electron chi connectivity index (χ3n) is 15.6. The van der Waals surface area contributed by atoms with Crippen molar-refractivity contribution in [3.05, 3.63) is 93.3 Å². The quantitative estimate of drug-likeness (QED) is 0.0675. The number of ether oxygens (including phenoxy) is 2. The molecule has 10 nitrogen and oxygen atoms in total. The van der Waals surface area contributed by atoms with E-state index in [1.165, 1.54) is 5.56 Å². The summed E-state index contributed by atoms with van der Waals surface area (Å²) in [4.78, 5) is 20.6. The van der Waals surface area contributed by atoms with E-state index in [9.17, 15) is 20.1 Å². The van der Waals surface area contributed by atoms with Crippen LogP contribution in [0, 0.1) is 53.0 Å². The van der Waals surface area contributed by atoms with Crippen molar-refractivity contribution in [2.75, 3.05) is 18.8 Å². The number of benzene rings is 2. The van der Waals surface area contributed by atoms with E-state index in [-0.39, 0.29) is 30.2 Å². The molecule has 7 N–H and O–H groups in total. The van der Waals surface area contributed by atoms with Crippen LogP contribution in [0.2, 0.25) is 0 Å². The van der Waals surface area contributed by atoms with Crippen molar-refractivity contribution >= 4 is 33.1 Å². The molecular formula is C53H63N4O6S2+. The number of aliphatic hydroxyl groups excluding tert-OH is 3. The van der Waals surface area contributed by atoms with Crippen LogP contribution in [0.25, 0.3) is 0 Å². The number of quaternary nitrogens is 1. The van der Waals surface area contributed by atoms with Crippen molar-refractivity contribution < 1.29 is 34.5 Å². The van der Waals surface area contributed by atoms with E-state index in [1.807, 2.05) is 35.2 Å². The number of aliphatic hydroxyl groups is 3. The third-order valence-corrected chi connectivity index (χ3v) is 17.9. The summed E-state index contributed by atoms with van der Waals surface area (Å²) in [6, 6.07) is 8.12. The van der Waals surface area contributed by atoms with Crippen LogP contribution in [-0.2, 0) is 23.4 Å². The van der Waals surface area contributed by atoms with Crippen molar-refractivity contribution in [1.82, 2.24) is 5.32 Å². The summed E-state index contributed by atoms with van der Waals surface area (Å²) in [5.74, 6) is 12.2. The molecule has 2 aromatic carbocycles. The average molecular weight is 916 g/mol. The topological polar surface area (TPSA) is 151 Å². The van der Waals surface area contributed by atoms with Crippen molar-refractivity contribution in [2.24, 2.45) is 39.8 Å². The van der Waals surface area contributed by atoms with Gasteiger partial charge in [0, 0.05) is 60.4 Å². The highest BCUT2D eigenvalue weighted by Crippen LogP contribution is 2.49. The molecule has 2 aromatic rings. The smallest absolute Gasteiger partial charge is 0.252 e. The minimum absolute atomic E-state index is 0.0207. The van der Waals surface area contributed by atoms with Crippen LogP contribution in [0.5, 0.6) is 11.5 Å². The van der Waals surface area contributed by atoms with Gasteiger partial charge in [-0.25, -0.2) is 0 Å². The van der Waals surface area contributed by atoms with Crippen molar-refractivity contribution in [1.29, 1.82) is 0 Å². The highest BCUT2D eigenvalue weighted by molar-refractivity contribution is 8.76. The minimum Gasteiger partial charge on any atom is -0.437 e. The molecule has 1 spiro atoms. The maximum absolute atomic E-state index is 14.5. The third kappa shape index (κ3) is 8.68. The molecule has 2 aliphatic carbocycles. The molecule has 0 radical (unpaired) electrons. The van der Waals surface area contributed by atoms with Gasteiger partial charge in [0.25, 0.3) is 6.23 Å². The number of nitrogens with two attached hydrogens (primary N) is 1. The zero-order chi connectivity index (χ0) is 44.8. The Morgan fingerprint density at radius 3 is 2.77 bits per heavy atom. The molecule has 65 heavy (non-hydrogen) atoms. The number of nitrogens with zero attached hydrogens (tertiary/aromatic N) is 1. The first-order chi connectivity index (χ1) is 31.6. The maximum Gasteiger partial charge on any atom is 0.252 e. The second-order valence-electron chi connectivity index (χ2n) is 19.7. The Bertz CT molecular complexity index is 2450. The molecule has 0 amide bonds. The van der Waals surface area contributed by atoms with Crippen LogP contribution in [0.3, 0.4) is 0 Å². The fourth-order valence-corrected chi connectivity index (χ4v) is 14.4. The van der Waals surface area contributed by atoms with Gasteiger partial charge in [0.2, 0.25) is 0 Å². The molecule has 8 bridgehead atoms. The average Bonchev–Trinajstić information content (AvgIpc) is 4.05. The van der Waals surface area contributed by atoms with Crippen molar-refractivity contribution in [3.8, 4) is 35.4 Å². The Hall–Kier alpha value is -3.82. The van der Waals surface area contributed by atoms with E-state index in [2.05, 4.69) is 67.4 Å². The maximum atomic E-state index is 14.5. The Kier molecular flexibility index (Phi) is 13.2. The lowest BCUT2D eigenvalue weighted by Gasteiger charge is -2.36. The number of unbranched alkanes of at least 4 members (excludes halogenated alkanes) is 2. The number of rotatable bonds is 10. The first-order valence-corrected chi connectivity index (χ1v) is 26.6. The lowest BCUT2D eigenvalue weighted by molar-refractivity contribution is -0.888. The van der Waals surface area contributed by atoms with Gasteiger partial charge in [0.1, 0.15) is 42.4 Å². The number of fused-ring (bicyclic) bond motifs is 4. The first-order valence-electron chi connectivity index (χ1n) is 24.1. The van der Waals surface area contributed by atoms with Crippen molar-refractivity contribution in [2.45, 2.75) is 133 Å². The zero-order valence-electron chi connectivity index (χ0n) is 37.6. The van der Waals surface area contributed by atoms with Gasteiger partial charge < -0.3 is 30.5 Å². The van der Waals surface area contributed by atoms with Crippen LogP contribution in [0.15, 0.2) is 65.0 Å². The fraction of sp³-hybridized carbons (Fsp3) is 0.547. The van der Waals surface area contributed by atoms with Gasteiger partial charge >= 0.3 is 0 Å². The van der Waals surface area contributed by atoms with E-state index in [4.69, 9.17) is 20.2 Å². The van der Waals surface area contributed by atoms with Gasteiger partial charge in [-0.05, 0) is 77.5 Å². The fourth-order valence-electron chi connectivity index (χ4n) is 11.9. The van der Waals surface area contributed by atoms with E-state index < -0.39 is 47.7 Å². The van der Waals surface area contributed by atoms with Gasteiger partial charge in [0.05, 0.1) is 29.4 Å². The Morgan fingerprint density at radius 2 is 1.94 bits per heavy atom. The summed E-state index contributed by atoms with van der Waals surface area (Å²) in [6.45, 7) is 5.53. The number of carbonyl (C=O) groups is 1. The Morgan fingerprint density at radius 1 is 1.09 bits per heavy atom. The standard InChI is InChI=1S/C53H62N4O6S2/c1-3-4-5-8-36(49(61)37-12-9-31(2)23-46(37)60)45(59)16-10-32-11-18-47-50-41(32)30-65-64-29-34-26-56-51(54)38-14-13-35-39(48(34)38)24-33-25-55-43-28-57(27-40(33)43)52(63-50)42(15-17-44(35)58)53(21-22-62-47)19-6-7-20-53/h9,11-14,18,25,27,31,34,36-37,42,44,46,49,51-52,56,58,60-61H,3-8,10,16,19-20,23-24,26,28-30,54H2,1-2H3/p+1/t31-,34+,36-,37-,42+,44-,46-,49+,51+,52+/m1/s1. The molecule has 0 saturated heterocycles. The number of hydrogen-bond donors (Lipinski definition) is 6. The van der Waals surface area contributed by atoms with Crippen LogP contribution < -0.4 is 25.4 Å². The highest BCUT2D eigenvalue weighted by atomic mass is 33.1. The van der Waals surface area contributed by atoms with Gasteiger partial charge in [-0.2, -0.15) is 0 Å². The summed E-state index contributed by atoms with van der Waals surface area (Å²) in [5, 5.41) is 38.7. The van der Waals surface area contributed by atoms with Crippen LogP contribution >= 0.6 is 21.6 Å². The molecule has 12 heteroatoms. The number of hydrogen-bond acceptors (Lipinski definition) is 11. The number of allylic oxidation sites excluding steroid dienone is 2. The number of nitrogens with one attached hydrogen (secondary N) is 2. The molecule has 7 heterocycles. The predicted molar refractivity (Wildman–Crippen MR) is 257 cm³/mol. The summed E-state index contributed by atoms with van der Waals surface area (Å²) in [7, 11) is 3.58. The van der Waals surface area contributed by atoms with Gasteiger partial charge in [-0.15, -0.1) is 0 Å². The molecular weight excluding hydrogens is 853 g/mol. The van der Waals surface area contributed by atoms with Gasteiger partial charge in [-0.1, -0.05) is 116 Å². The van der Waals surface area contributed by atoms with E-state index in [0.717, 1.165) is 100 Å². The highest BCUT2D eigenvalue weighted by Gasteiger charge is 2.52. The van der Waals surface area contributed by atoms with E-state index in [1.54, 1.807) is 10.8 Å². The number of carbonyl (C=O) groups excluding carboxylic acids is 1. The normalized spacial score (nSPS) is 31.2. The summed E-state index contributed by atoms with van der Waals surface area (Å²) in [6.07, 6.45) is 17.0. The summed E-state index contributed by atoms with van der Waals surface area (Å²) in [5.41, 5.74) is 15.7. The van der Waals surface area contributed by atoms with Crippen LogP contribution in [-0.4, -0.2) is 64.1 Å². The molecule has 11 atom stereocenters. The number of Topliss-reactive ketones (excluding diaryl/α,β-unsaturated/α-hetero) is 1. The largest absolute Gasteiger partial charge is 0.437 e. The monoisotopic (exact) mass is 915 g/mol. The molecule has 1 fully saturated rings. The Labute approximate surface area is 391 Å². The van der Waals surface area contributed by atoms with E-state index in [0.29, 0.717) is 56.0 Å². The Balaban J connectivity index is 1.08. The number of ketones is 1. The molecule has 342 valence electrons. The SMILES string of the molecule is CCCCC[C@H](C(=O)CCc1ccc2c3c1CSSC[C@@H]1CN[C@H](N)c4ccc5c(c41)CC1=CN=C4C[NH+](C=C14)[C@@H](O3)[C@H](C#C[C@H]5O)C1(C#CO2)CCCC1)[C@H](O)[C@@H]1C=C[C@@H](C)C[C@H]1O. The summed E-state index contributed by atoms with van der Waals surface area (Å²) >= 11 is 0. The molecule has 0 aromatic heterocycles. The first kappa shape index (κ1) is 45.0. The van der Waals surface area contributed by atoms with Crippen LogP contribution in [0.1, 0.15) is 130 Å². The van der Waals surface area contributed by atoms with E-state index >= 15 is 0 Å². The lowest BCUT2D eigenvalue weighted by Crippen LogP contribution is -3.13. The lowest BCUT2D eigenvalue weighted by atomic mass is 9.73. The molecule has 1 unspecified atom stereocenters. The molecule has 7 aliphatic heterocycles. The van der Waals surface area contributed by atoms with Crippen LogP contribution in [0.4, 0.5) is 0 Å². The molecule has 11 rings (SSSR count). The second kappa shape index (κ2) is 19.1. The van der Waals surface area contributed by atoms with Gasteiger partial charge in [-0.3, -0.25) is 20.0 Å².